The molecule has 92 valence electrons. The molecule has 0 saturated carbocycles. The lowest BCUT2D eigenvalue weighted by molar-refractivity contribution is 0.111. The number of benzene rings is 1. The maximum Gasteiger partial charge on any atom is 0.153 e. The minimum absolute atomic E-state index is 0.239. The van der Waals surface area contributed by atoms with Crippen LogP contribution >= 0.6 is 23.2 Å². The molecule has 0 spiro atoms. The molecule has 2 aromatic rings. The molecule has 18 heavy (non-hydrogen) atoms. The second kappa shape index (κ2) is 5.85. The maximum atomic E-state index is 10.9. The summed E-state index contributed by atoms with van der Waals surface area (Å²) in [5.41, 5.74) is 1.07. The summed E-state index contributed by atoms with van der Waals surface area (Å²) in [4.78, 5) is 15.0. The van der Waals surface area contributed by atoms with Crippen LogP contribution in [-0.4, -0.2) is 11.3 Å². The van der Waals surface area contributed by atoms with Gasteiger partial charge in [-0.1, -0.05) is 29.3 Å². The third-order valence-electron chi connectivity index (χ3n) is 2.25. The molecule has 0 aliphatic heterocycles. The number of pyridine rings is 1. The van der Waals surface area contributed by atoms with Gasteiger partial charge in [0.25, 0.3) is 0 Å². The molecule has 1 aromatic carbocycles. The van der Waals surface area contributed by atoms with Crippen molar-refractivity contribution in [3.05, 3.63) is 57.8 Å². The summed E-state index contributed by atoms with van der Waals surface area (Å²) in [5.74, 6) is 0.321. The molecule has 0 N–H and O–H groups in total. The van der Waals surface area contributed by atoms with Crippen LogP contribution in [0.4, 0.5) is 0 Å². The Kier molecular flexibility index (Phi) is 4.18. The van der Waals surface area contributed by atoms with E-state index in [9.17, 15) is 4.79 Å². The summed E-state index contributed by atoms with van der Waals surface area (Å²) in [6.07, 6.45) is 2.33. The quantitative estimate of drug-likeness (QED) is 0.801. The van der Waals surface area contributed by atoms with Gasteiger partial charge in [-0.05, 0) is 24.3 Å². The van der Waals surface area contributed by atoms with Crippen molar-refractivity contribution in [2.45, 2.75) is 6.61 Å². The van der Waals surface area contributed by atoms with Gasteiger partial charge in [0.1, 0.15) is 12.4 Å². The second-order valence-corrected chi connectivity index (χ2v) is 4.38. The van der Waals surface area contributed by atoms with Gasteiger partial charge in [0.15, 0.2) is 6.29 Å². The molecule has 0 bridgehead atoms. The van der Waals surface area contributed by atoms with E-state index < -0.39 is 0 Å². The predicted octanol–water partition coefficient (Wildman–Crippen LogP) is 3.78. The summed E-state index contributed by atoms with van der Waals surface area (Å²) < 4.78 is 5.52. The van der Waals surface area contributed by atoms with Crippen LogP contribution in [0, 0.1) is 0 Å². The first kappa shape index (κ1) is 12.9. The zero-order valence-electron chi connectivity index (χ0n) is 9.27. The van der Waals surface area contributed by atoms with Crippen molar-refractivity contribution >= 4 is 29.5 Å². The SMILES string of the molecule is O=Cc1cc(Cl)cc(Cl)c1OCc1ccccn1. The third kappa shape index (κ3) is 3.00. The number of aldehydes is 1. The monoisotopic (exact) mass is 281 g/mol. The average Bonchev–Trinajstić information content (AvgIpc) is 2.38. The molecule has 0 atom stereocenters. The number of rotatable bonds is 4. The molecular formula is C13H9Cl2NO2. The predicted molar refractivity (Wildman–Crippen MR) is 70.4 cm³/mol. The minimum atomic E-state index is 0.239. The number of nitrogens with zero attached hydrogens (tertiary/aromatic N) is 1. The van der Waals surface area contributed by atoms with Crippen molar-refractivity contribution in [3.8, 4) is 5.75 Å². The fourth-order valence-corrected chi connectivity index (χ4v) is 2.01. The summed E-state index contributed by atoms with van der Waals surface area (Å²) in [6.45, 7) is 0.239. The number of hydrogen-bond acceptors (Lipinski definition) is 3. The van der Waals surface area contributed by atoms with Crippen molar-refractivity contribution in [1.82, 2.24) is 4.98 Å². The first-order valence-electron chi connectivity index (χ1n) is 5.17. The molecule has 0 unspecified atom stereocenters. The molecule has 0 aliphatic carbocycles. The Morgan fingerprint density at radius 3 is 2.78 bits per heavy atom. The van der Waals surface area contributed by atoms with E-state index in [2.05, 4.69) is 4.98 Å². The highest BCUT2D eigenvalue weighted by Crippen LogP contribution is 2.31. The molecule has 2 rings (SSSR count). The number of ether oxygens (including phenoxy) is 1. The molecule has 1 heterocycles. The van der Waals surface area contributed by atoms with Gasteiger partial charge >= 0.3 is 0 Å². The Morgan fingerprint density at radius 1 is 1.28 bits per heavy atom. The lowest BCUT2D eigenvalue weighted by atomic mass is 10.2. The van der Waals surface area contributed by atoms with E-state index in [0.29, 0.717) is 27.6 Å². The number of hydrogen-bond donors (Lipinski definition) is 0. The summed E-state index contributed by atoms with van der Waals surface area (Å²) >= 11 is 11.8. The van der Waals surface area contributed by atoms with E-state index in [-0.39, 0.29) is 6.61 Å². The van der Waals surface area contributed by atoms with E-state index in [1.807, 2.05) is 18.2 Å². The third-order valence-corrected chi connectivity index (χ3v) is 2.75. The van der Waals surface area contributed by atoms with Crippen LogP contribution in [0.5, 0.6) is 5.75 Å². The maximum absolute atomic E-state index is 10.9. The van der Waals surface area contributed by atoms with E-state index in [1.165, 1.54) is 12.1 Å². The summed E-state index contributed by atoms with van der Waals surface area (Å²) in [6, 6.07) is 8.54. The van der Waals surface area contributed by atoms with Gasteiger partial charge in [0.2, 0.25) is 0 Å². The molecule has 0 aliphatic rings. The van der Waals surface area contributed by atoms with E-state index in [4.69, 9.17) is 27.9 Å². The van der Waals surface area contributed by atoms with Gasteiger partial charge < -0.3 is 4.74 Å². The Bertz CT molecular complexity index is 558. The zero-order valence-corrected chi connectivity index (χ0v) is 10.8. The molecule has 3 nitrogen and oxygen atoms in total. The second-order valence-electron chi connectivity index (χ2n) is 3.53. The molecule has 0 fully saturated rings. The summed E-state index contributed by atoms with van der Waals surface area (Å²) in [7, 11) is 0. The Hall–Kier alpha value is -1.58. The highest BCUT2D eigenvalue weighted by atomic mass is 35.5. The molecule has 0 saturated heterocycles. The molecule has 0 radical (unpaired) electrons. The zero-order chi connectivity index (χ0) is 13.0. The van der Waals surface area contributed by atoms with Crippen molar-refractivity contribution in [2.24, 2.45) is 0 Å². The van der Waals surface area contributed by atoms with Crippen LogP contribution in [0.2, 0.25) is 10.0 Å². The average molecular weight is 282 g/mol. The minimum Gasteiger partial charge on any atom is -0.485 e. The number of carbonyl (C=O) groups excluding carboxylic acids is 1. The number of carbonyl (C=O) groups is 1. The van der Waals surface area contributed by atoms with Crippen molar-refractivity contribution in [2.75, 3.05) is 0 Å². The fourth-order valence-electron chi connectivity index (χ4n) is 1.45. The topological polar surface area (TPSA) is 39.2 Å². The van der Waals surface area contributed by atoms with Crippen molar-refractivity contribution in [1.29, 1.82) is 0 Å². The van der Waals surface area contributed by atoms with Crippen LogP contribution in [-0.2, 0) is 6.61 Å². The van der Waals surface area contributed by atoms with Gasteiger partial charge in [-0.15, -0.1) is 0 Å². The highest BCUT2D eigenvalue weighted by molar-refractivity contribution is 6.36. The van der Waals surface area contributed by atoms with E-state index >= 15 is 0 Å². The smallest absolute Gasteiger partial charge is 0.153 e. The number of aromatic nitrogens is 1. The van der Waals surface area contributed by atoms with Crippen molar-refractivity contribution < 1.29 is 9.53 Å². The molecule has 5 heteroatoms. The Labute approximate surface area is 114 Å². The standard InChI is InChI=1S/C13H9Cl2NO2/c14-10-5-9(7-17)13(12(15)6-10)18-8-11-3-1-2-4-16-11/h1-7H,8H2. The van der Waals surface area contributed by atoms with Crippen LogP contribution < -0.4 is 4.74 Å². The fraction of sp³-hybridized carbons (Fsp3) is 0.0769. The Balaban J connectivity index is 2.21. The molecule has 1 aromatic heterocycles. The Morgan fingerprint density at radius 2 is 2.11 bits per heavy atom. The lowest BCUT2D eigenvalue weighted by Crippen LogP contribution is -2.00. The molecule has 0 amide bonds. The highest BCUT2D eigenvalue weighted by Gasteiger charge is 2.10. The first-order valence-corrected chi connectivity index (χ1v) is 5.93. The summed E-state index contributed by atoms with van der Waals surface area (Å²) in [5, 5.41) is 0.702. The van der Waals surface area contributed by atoms with Gasteiger partial charge in [0.05, 0.1) is 16.3 Å². The van der Waals surface area contributed by atoms with Crippen LogP contribution in [0.3, 0.4) is 0 Å². The van der Waals surface area contributed by atoms with Crippen LogP contribution in [0.1, 0.15) is 16.1 Å². The van der Waals surface area contributed by atoms with E-state index in [0.717, 1.165) is 5.69 Å². The van der Waals surface area contributed by atoms with E-state index in [1.54, 1.807) is 6.20 Å². The first-order chi connectivity index (χ1) is 8.70. The van der Waals surface area contributed by atoms with Gasteiger partial charge in [-0.2, -0.15) is 0 Å². The lowest BCUT2D eigenvalue weighted by Gasteiger charge is -2.10. The largest absolute Gasteiger partial charge is 0.485 e. The molecular weight excluding hydrogens is 273 g/mol. The van der Waals surface area contributed by atoms with Crippen molar-refractivity contribution in [3.63, 3.8) is 0 Å². The van der Waals surface area contributed by atoms with Gasteiger partial charge in [-0.25, -0.2) is 0 Å². The number of halogens is 2. The van der Waals surface area contributed by atoms with Gasteiger partial charge in [-0.3, -0.25) is 9.78 Å². The normalized spacial score (nSPS) is 10.1. The van der Waals surface area contributed by atoms with Crippen LogP contribution in [0.25, 0.3) is 0 Å². The van der Waals surface area contributed by atoms with Gasteiger partial charge in [0, 0.05) is 11.2 Å². The van der Waals surface area contributed by atoms with Crippen LogP contribution in [0.15, 0.2) is 36.5 Å².